The van der Waals surface area contributed by atoms with E-state index in [0.717, 1.165) is 68.3 Å². The van der Waals surface area contributed by atoms with Gasteiger partial charge in [0.2, 0.25) is 0 Å². The summed E-state index contributed by atoms with van der Waals surface area (Å²) in [5, 5.41) is 0. The summed E-state index contributed by atoms with van der Waals surface area (Å²) in [5.41, 5.74) is 2.52. The Kier molecular flexibility index (Phi) is 8.10. The third-order valence-electron chi connectivity index (χ3n) is 9.07. The first kappa shape index (κ1) is 23.2. The van der Waals surface area contributed by atoms with Crippen LogP contribution in [0.15, 0.2) is 6.07 Å². The number of hydrogen-bond acceptors (Lipinski definition) is 0. The van der Waals surface area contributed by atoms with Crippen molar-refractivity contribution in [3.05, 3.63) is 34.4 Å². The van der Waals surface area contributed by atoms with Crippen molar-refractivity contribution in [2.24, 2.45) is 23.7 Å². The lowest BCUT2D eigenvalue weighted by molar-refractivity contribution is 0.112. The molecule has 3 aliphatic carbocycles. The normalized spacial score (nSPS) is 30.6. The Bertz CT molecular complexity index is 724. The summed E-state index contributed by atoms with van der Waals surface area (Å²) in [6, 6.07) is 2.08. The molecule has 0 amide bonds. The molecule has 0 saturated heterocycles. The van der Waals surface area contributed by atoms with E-state index >= 15 is 8.78 Å². The molecule has 1 aromatic rings. The van der Waals surface area contributed by atoms with Crippen LogP contribution in [0, 0.1) is 35.3 Å². The van der Waals surface area contributed by atoms with Crippen LogP contribution in [-0.2, 0) is 12.8 Å². The molecule has 2 fully saturated rings. The highest BCUT2D eigenvalue weighted by atomic mass is 19.2. The van der Waals surface area contributed by atoms with Crippen LogP contribution in [0.4, 0.5) is 8.78 Å². The Morgan fingerprint density at radius 1 is 0.774 bits per heavy atom. The minimum atomic E-state index is -0.510. The molecule has 2 saturated carbocycles. The molecule has 0 bridgehead atoms. The van der Waals surface area contributed by atoms with Gasteiger partial charge >= 0.3 is 0 Å². The maximum Gasteiger partial charge on any atom is 0.162 e. The molecule has 0 spiro atoms. The van der Waals surface area contributed by atoms with Gasteiger partial charge in [-0.15, -0.1) is 0 Å². The molecule has 1 aromatic carbocycles. The van der Waals surface area contributed by atoms with Crippen molar-refractivity contribution < 1.29 is 8.78 Å². The van der Waals surface area contributed by atoms with E-state index in [9.17, 15) is 0 Å². The van der Waals surface area contributed by atoms with E-state index in [1.807, 2.05) is 0 Å². The largest absolute Gasteiger partial charge is 0.203 e. The average molecular weight is 431 g/mol. The third kappa shape index (κ3) is 5.36. The molecule has 0 aliphatic heterocycles. The lowest BCUT2D eigenvalue weighted by atomic mass is 9.63. The zero-order valence-corrected chi connectivity index (χ0v) is 20.0. The molecule has 174 valence electrons. The van der Waals surface area contributed by atoms with Gasteiger partial charge in [0.05, 0.1) is 0 Å². The van der Waals surface area contributed by atoms with Crippen molar-refractivity contribution >= 4 is 0 Å². The van der Waals surface area contributed by atoms with E-state index in [1.54, 1.807) is 0 Å². The van der Waals surface area contributed by atoms with Crippen molar-refractivity contribution in [2.45, 2.75) is 122 Å². The van der Waals surface area contributed by atoms with Gasteiger partial charge in [0, 0.05) is 0 Å². The Hall–Kier alpha value is -0.920. The van der Waals surface area contributed by atoms with Crippen molar-refractivity contribution in [1.29, 1.82) is 0 Å². The minimum absolute atomic E-state index is 0.232. The number of benzene rings is 1. The molecule has 4 rings (SSSR count). The number of aryl methyl sites for hydroxylation is 1. The van der Waals surface area contributed by atoms with Crippen LogP contribution in [0.5, 0.6) is 0 Å². The van der Waals surface area contributed by atoms with Crippen LogP contribution in [-0.4, -0.2) is 0 Å². The second-order valence-corrected chi connectivity index (χ2v) is 11.2. The van der Waals surface area contributed by atoms with E-state index in [4.69, 9.17) is 0 Å². The molecule has 0 N–H and O–H groups in total. The summed E-state index contributed by atoms with van der Waals surface area (Å²) < 4.78 is 30.3. The number of unbranched alkanes of at least 4 members (excludes halogenated alkanes) is 3. The maximum absolute atomic E-state index is 15.2. The summed E-state index contributed by atoms with van der Waals surface area (Å²) in [6.07, 6.45) is 19.4. The van der Waals surface area contributed by atoms with E-state index < -0.39 is 11.6 Å². The summed E-state index contributed by atoms with van der Waals surface area (Å²) in [4.78, 5) is 0. The molecule has 3 aliphatic rings. The summed E-state index contributed by atoms with van der Waals surface area (Å²) >= 11 is 0. The van der Waals surface area contributed by atoms with Gasteiger partial charge in [-0.2, -0.15) is 0 Å². The number of fused-ring (bicyclic) bond motifs is 2. The van der Waals surface area contributed by atoms with Gasteiger partial charge in [-0.25, -0.2) is 8.78 Å². The van der Waals surface area contributed by atoms with Crippen LogP contribution >= 0.6 is 0 Å². The topological polar surface area (TPSA) is 0 Å². The molecule has 5 unspecified atom stereocenters. The predicted octanol–water partition coefficient (Wildman–Crippen LogP) is 9.14. The van der Waals surface area contributed by atoms with E-state index in [0.29, 0.717) is 17.0 Å². The van der Waals surface area contributed by atoms with Gasteiger partial charge in [0.1, 0.15) is 0 Å². The van der Waals surface area contributed by atoms with Crippen LogP contribution in [0.3, 0.4) is 0 Å². The zero-order valence-electron chi connectivity index (χ0n) is 20.0. The lowest BCUT2D eigenvalue weighted by Gasteiger charge is -2.42. The standard InChI is InChI=1S/C29H44F2/c1-3-5-6-7-9-21-10-12-23-18-24(15-14-22(23)16-21)27-19-25-13-11-20(8-4-2)17-26(25)28(30)29(27)31/h19-24H,3-18H2,1-2H3. The number of hydrogen-bond donors (Lipinski definition) is 0. The molecule has 5 atom stereocenters. The third-order valence-corrected chi connectivity index (χ3v) is 9.07. The van der Waals surface area contributed by atoms with Crippen molar-refractivity contribution in [3.8, 4) is 0 Å². The van der Waals surface area contributed by atoms with Crippen molar-refractivity contribution in [1.82, 2.24) is 0 Å². The zero-order chi connectivity index (χ0) is 21.8. The monoisotopic (exact) mass is 430 g/mol. The second kappa shape index (κ2) is 10.8. The van der Waals surface area contributed by atoms with Gasteiger partial charge in [0.15, 0.2) is 11.6 Å². The fraction of sp³-hybridized carbons (Fsp3) is 0.793. The highest BCUT2D eigenvalue weighted by Gasteiger charge is 2.37. The molecule has 0 aromatic heterocycles. The molecule has 0 nitrogen and oxygen atoms in total. The van der Waals surface area contributed by atoms with Gasteiger partial charge in [-0.05, 0) is 97.6 Å². The van der Waals surface area contributed by atoms with Crippen LogP contribution < -0.4 is 0 Å². The predicted molar refractivity (Wildman–Crippen MR) is 126 cm³/mol. The Balaban J connectivity index is 1.38. The molecular formula is C29H44F2. The Labute approximate surface area is 189 Å². The first-order valence-corrected chi connectivity index (χ1v) is 13.6. The van der Waals surface area contributed by atoms with Crippen LogP contribution in [0.25, 0.3) is 0 Å². The number of rotatable bonds is 8. The quantitative estimate of drug-likeness (QED) is 0.361. The Morgan fingerprint density at radius 2 is 1.58 bits per heavy atom. The molecule has 31 heavy (non-hydrogen) atoms. The van der Waals surface area contributed by atoms with Gasteiger partial charge in [0.25, 0.3) is 0 Å². The van der Waals surface area contributed by atoms with Crippen molar-refractivity contribution in [3.63, 3.8) is 0 Å². The average Bonchev–Trinajstić information content (AvgIpc) is 2.79. The maximum atomic E-state index is 15.2. The van der Waals surface area contributed by atoms with Crippen LogP contribution in [0.1, 0.15) is 126 Å². The number of halogens is 2. The fourth-order valence-corrected chi connectivity index (χ4v) is 7.27. The summed E-state index contributed by atoms with van der Waals surface area (Å²) in [5.74, 6) is 2.23. The first-order valence-electron chi connectivity index (χ1n) is 13.6. The summed E-state index contributed by atoms with van der Waals surface area (Å²) in [6.45, 7) is 4.47. The highest BCUT2D eigenvalue weighted by molar-refractivity contribution is 5.38. The minimum Gasteiger partial charge on any atom is -0.203 e. The molecule has 0 heterocycles. The van der Waals surface area contributed by atoms with Crippen LogP contribution in [0.2, 0.25) is 0 Å². The van der Waals surface area contributed by atoms with Crippen molar-refractivity contribution in [2.75, 3.05) is 0 Å². The Morgan fingerprint density at radius 3 is 2.39 bits per heavy atom. The lowest BCUT2D eigenvalue weighted by Crippen LogP contribution is -2.31. The van der Waals surface area contributed by atoms with Gasteiger partial charge < -0.3 is 0 Å². The van der Waals surface area contributed by atoms with E-state index in [-0.39, 0.29) is 5.92 Å². The van der Waals surface area contributed by atoms with Gasteiger partial charge in [-0.1, -0.05) is 71.3 Å². The van der Waals surface area contributed by atoms with E-state index in [1.165, 1.54) is 57.8 Å². The van der Waals surface area contributed by atoms with Gasteiger partial charge in [-0.3, -0.25) is 0 Å². The second-order valence-electron chi connectivity index (χ2n) is 11.2. The fourth-order valence-electron chi connectivity index (χ4n) is 7.27. The highest BCUT2D eigenvalue weighted by Crippen LogP contribution is 2.49. The molecule has 2 heteroatoms. The van der Waals surface area contributed by atoms with E-state index in [2.05, 4.69) is 19.9 Å². The smallest absolute Gasteiger partial charge is 0.162 e. The summed E-state index contributed by atoms with van der Waals surface area (Å²) in [7, 11) is 0. The first-order chi connectivity index (χ1) is 15.1. The molecule has 0 radical (unpaired) electrons. The SMILES string of the molecule is CCCCCCC1CCC2CC(c3cc4c(c(F)c3F)CC(CCC)CC4)CCC2C1. The molecular weight excluding hydrogens is 386 g/mol.